The second-order valence-electron chi connectivity index (χ2n) is 8.67. The summed E-state index contributed by atoms with van der Waals surface area (Å²) in [5.74, 6) is 1.22. The zero-order chi connectivity index (χ0) is 16.6. The van der Waals surface area contributed by atoms with Crippen LogP contribution in [0.15, 0.2) is 0 Å². The van der Waals surface area contributed by atoms with Crippen molar-refractivity contribution in [3.63, 3.8) is 0 Å². The summed E-state index contributed by atoms with van der Waals surface area (Å²) in [6.45, 7) is 9.85. The highest BCUT2D eigenvalue weighted by Gasteiger charge is 2.85. The lowest BCUT2D eigenvalue weighted by molar-refractivity contribution is -0.284. The van der Waals surface area contributed by atoms with Gasteiger partial charge in [-0.3, -0.25) is 0 Å². The first kappa shape index (κ1) is 16.3. The van der Waals surface area contributed by atoms with Gasteiger partial charge in [0, 0.05) is 39.1 Å². The van der Waals surface area contributed by atoms with E-state index in [-0.39, 0.29) is 17.4 Å². The van der Waals surface area contributed by atoms with Crippen LogP contribution in [0.5, 0.6) is 0 Å². The third-order valence-electron chi connectivity index (χ3n) is 7.81. The Bertz CT molecular complexity index is 488. The Morgan fingerprint density at radius 3 is 2.48 bits per heavy atom. The predicted molar refractivity (Wildman–Crippen MR) is 86.7 cm³/mol. The molecular weight excluding hydrogens is 292 g/mol. The molecule has 0 amide bonds. The maximum atomic E-state index is 6.75. The molecule has 4 aliphatic rings. The lowest BCUT2D eigenvalue weighted by Crippen LogP contribution is -2.47. The number of fused-ring (bicyclic) bond motifs is 2. The third kappa shape index (κ3) is 1.67. The van der Waals surface area contributed by atoms with Crippen LogP contribution in [0.1, 0.15) is 47.0 Å². The van der Waals surface area contributed by atoms with Gasteiger partial charge in [0.25, 0.3) is 0 Å². The Morgan fingerprint density at radius 2 is 1.91 bits per heavy atom. The maximum absolute atomic E-state index is 6.75. The minimum absolute atomic E-state index is 0.187. The van der Waals surface area contributed by atoms with Crippen molar-refractivity contribution in [1.82, 2.24) is 0 Å². The van der Waals surface area contributed by atoms with Crippen LogP contribution < -0.4 is 0 Å². The van der Waals surface area contributed by atoms with Crippen molar-refractivity contribution in [1.29, 1.82) is 0 Å². The first-order chi connectivity index (χ1) is 10.9. The van der Waals surface area contributed by atoms with E-state index in [1.165, 1.54) is 12.8 Å². The van der Waals surface area contributed by atoms with Gasteiger partial charge in [-0.2, -0.15) is 0 Å². The first-order valence-corrected chi connectivity index (χ1v) is 9.32. The zero-order valence-corrected chi connectivity index (χ0v) is 15.4. The van der Waals surface area contributed by atoms with Gasteiger partial charge in [0.05, 0.1) is 12.0 Å². The second-order valence-corrected chi connectivity index (χ2v) is 8.67. The average molecular weight is 324 g/mol. The molecule has 3 aliphatic carbocycles. The lowest BCUT2D eigenvalue weighted by Gasteiger charge is -2.47. The normalized spacial score (nSPS) is 52.6. The summed E-state index contributed by atoms with van der Waals surface area (Å²) in [7, 11) is 3.60. The maximum Gasteiger partial charge on any atom is 0.179 e. The van der Waals surface area contributed by atoms with Crippen molar-refractivity contribution in [2.24, 2.45) is 35.0 Å². The van der Waals surface area contributed by atoms with Gasteiger partial charge in [-0.05, 0) is 37.0 Å². The summed E-state index contributed by atoms with van der Waals surface area (Å²) >= 11 is 0. The van der Waals surface area contributed by atoms with E-state index in [4.69, 9.17) is 18.9 Å². The van der Waals surface area contributed by atoms with Crippen LogP contribution in [0.4, 0.5) is 0 Å². The fraction of sp³-hybridized carbons (Fsp3) is 1.00. The molecule has 1 saturated heterocycles. The quantitative estimate of drug-likeness (QED) is 0.726. The minimum atomic E-state index is -0.546. The summed E-state index contributed by atoms with van der Waals surface area (Å²) in [4.78, 5) is 0. The monoisotopic (exact) mass is 324 g/mol. The SMILES string of the molecule is CCO[C@]12C[C@@H]3C(OC)(OC)[C@H]1[C@@H]1[C@H](O2)[C@H](C(C)C)CC[C@@]13C. The molecule has 23 heavy (non-hydrogen) atoms. The van der Waals surface area contributed by atoms with E-state index in [0.29, 0.717) is 30.3 Å². The molecule has 0 aromatic carbocycles. The molecular formula is C19H32O4. The number of hydrogen-bond donors (Lipinski definition) is 0. The van der Waals surface area contributed by atoms with Gasteiger partial charge in [-0.25, -0.2) is 0 Å². The Balaban J connectivity index is 1.84. The zero-order valence-electron chi connectivity index (χ0n) is 15.4. The molecule has 4 fully saturated rings. The lowest BCUT2D eigenvalue weighted by atomic mass is 9.56. The average Bonchev–Trinajstić information content (AvgIpc) is 3.04. The van der Waals surface area contributed by atoms with Gasteiger partial charge in [0.15, 0.2) is 11.6 Å². The largest absolute Gasteiger partial charge is 0.352 e. The minimum Gasteiger partial charge on any atom is -0.352 e. The fourth-order valence-electron chi connectivity index (χ4n) is 6.99. The highest BCUT2D eigenvalue weighted by atomic mass is 16.7. The van der Waals surface area contributed by atoms with E-state index < -0.39 is 11.6 Å². The molecule has 2 bridgehead atoms. The molecule has 7 atom stereocenters. The summed E-state index contributed by atoms with van der Waals surface area (Å²) < 4.78 is 25.2. The molecule has 0 radical (unpaired) electrons. The van der Waals surface area contributed by atoms with Gasteiger partial charge in [0.2, 0.25) is 0 Å². The van der Waals surface area contributed by atoms with Crippen LogP contribution in [-0.2, 0) is 18.9 Å². The highest BCUT2D eigenvalue weighted by molar-refractivity contribution is 5.26. The Hall–Kier alpha value is -0.160. The van der Waals surface area contributed by atoms with Gasteiger partial charge < -0.3 is 18.9 Å². The van der Waals surface area contributed by atoms with Crippen molar-refractivity contribution < 1.29 is 18.9 Å². The topological polar surface area (TPSA) is 36.9 Å². The molecule has 0 spiro atoms. The van der Waals surface area contributed by atoms with E-state index in [2.05, 4.69) is 27.7 Å². The first-order valence-electron chi connectivity index (χ1n) is 9.32. The number of ether oxygens (including phenoxy) is 4. The van der Waals surface area contributed by atoms with Crippen LogP contribution in [0.3, 0.4) is 0 Å². The predicted octanol–water partition coefficient (Wildman–Crippen LogP) is 3.45. The smallest absolute Gasteiger partial charge is 0.179 e. The van der Waals surface area contributed by atoms with Crippen molar-refractivity contribution >= 4 is 0 Å². The number of hydrogen-bond acceptors (Lipinski definition) is 4. The molecule has 4 rings (SSSR count). The number of rotatable bonds is 5. The standard InChI is InChI=1S/C19H32O4/c1-7-22-18-10-13-17(4)9-8-12(11(2)3)15(23-18)14(17)16(18)19(13,20-5)21-6/h11-16H,7-10H2,1-6H3/t12-,13-,14-,15+,16-,17+,18-/m0/s1. The molecule has 0 N–H and O–H groups in total. The van der Waals surface area contributed by atoms with E-state index in [9.17, 15) is 0 Å². The van der Waals surface area contributed by atoms with Crippen LogP contribution in [0.25, 0.3) is 0 Å². The summed E-state index contributed by atoms with van der Waals surface area (Å²) in [6.07, 6.45) is 3.67. The summed E-state index contributed by atoms with van der Waals surface area (Å²) in [5.41, 5.74) is 0.240. The van der Waals surface area contributed by atoms with Gasteiger partial charge >= 0.3 is 0 Å². The molecule has 0 unspecified atom stereocenters. The van der Waals surface area contributed by atoms with Crippen molar-refractivity contribution in [3.8, 4) is 0 Å². The fourth-order valence-corrected chi connectivity index (χ4v) is 6.99. The molecule has 4 nitrogen and oxygen atoms in total. The molecule has 1 aliphatic heterocycles. The molecule has 4 heteroatoms. The van der Waals surface area contributed by atoms with E-state index >= 15 is 0 Å². The van der Waals surface area contributed by atoms with Crippen LogP contribution in [0, 0.1) is 35.0 Å². The van der Waals surface area contributed by atoms with E-state index in [0.717, 1.165) is 6.42 Å². The van der Waals surface area contributed by atoms with Crippen molar-refractivity contribution in [2.45, 2.75) is 64.6 Å². The Kier molecular flexibility index (Phi) is 3.50. The van der Waals surface area contributed by atoms with Crippen LogP contribution in [-0.4, -0.2) is 38.5 Å². The van der Waals surface area contributed by atoms with E-state index in [1.54, 1.807) is 14.2 Å². The highest BCUT2D eigenvalue weighted by Crippen LogP contribution is 2.78. The molecule has 0 aromatic heterocycles. The molecule has 1 heterocycles. The van der Waals surface area contributed by atoms with Gasteiger partial charge in [-0.1, -0.05) is 20.8 Å². The van der Waals surface area contributed by atoms with E-state index in [1.807, 2.05) is 0 Å². The molecule has 132 valence electrons. The third-order valence-corrected chi connectivity index (χ3v) is 7.81. The van der Waals surface area contributed by atoms with Gasteiger partial charge in [0.1, 0.15) is 0 Å². The Labute approximate surface area is 140 Å². The summed E-state index contributed by atoms with van der Waals surface area (Å²) in [6, 6.07) is 0. The number of methoxy groups -OCH3 is 2. The summed E-state index contributed by atoms with van der Waals surface area (Å²) in [5, 5.41) is 0. The molecule has 3 saturated carbocycles. The van der Waals surface area contributed by atoms with Crippen LogP contribution >= 0.6 is 0 Å². The van der Waals surface area contributed by atoms with Crippen molar-refractivity contribution in [3.05, 3.63) is 0 Å². The van der Waals surface area contributed by atoms with Gasteiger partial charge in [-0.15, -0.1) is 0 Å². The second kappa shape index (κ2) is 4.94. The Morgan fingerprint density at radius 1 is 1.22 bits per heavy atom. The van der Waals surface area contributed by atoms with Crippen molar-refractivity contribution in [2.75, 3.05) is 20.8 Å². The van der Waals surface area contributed by atoms with Crippen LogP contribution in [0.2, 0.25) is 0 Å². The molecule has 0 aromatic rings.